The minimum absolute atomic E-state index is 0.0258. The standard InChI is InChI=1S/C12H18N2OS/c1-2-16-10-4-3-9(7-10)14-11(15)12(8-13)5-6-12/h9-10H,2-7H2,1H3,(H,14,15). The average Bonchev–Trinajstić information content (AvgIpc) is 2.97. The zero-order valence-corrected chi connectivity index (χ0v) is 10.5. The van der Waals surface area contributed by atoms with Gasteiger partial charge in [0.2, 0.25) is 5.91 Å². The van der Waals surface area contributed by atoms with E-state index in [1.165, 1.54) is 6.42 Å². The molecule has 0 spiro atoms. The first-order valence-electron chi connectivity index (χ1n) is 6.04. The Bertz CT molecular complexity index is 319. The van der Waals surface area contributed by atoms with E-state index in [1.807, 2.05) is 11.8 Å². The maximum absolute atomic E-state index is 11.8. The van der Waals surface area contributed by atoms with Crippen molar-refractivity contribution in [3.63, 3.8) is 0 Å². The monoisotopic (exact) mass is 238 g/mol. The topological polar surface area (TPSA) is 52.9 Å². The maximum Gasteiger partial charge on any atom is 0.240 e. The minimum Gasteiger partial charge on any atom is -0.352 e. The summed E-state index contributed by atoms with van der Waals surface area (Å²) in [6.45, 7) is 2.17. The van der Waals surface area contributed by atoms with E-state index in [0.29, 0.717) is 11.3 Å². The fourth-order valence-corrected chi connectivity index (χ4v) is 3.44. The Hall–Kier alpha value is -0.690. The van der Waals surface area contributed by atoms with Gasteiger partial charge in [0.25, 0.3) is 0 Å². The number of nitriles is 1. The molecule has 0 aromatic carbocycles. The molecule has 0 aromatic heterocycles. The molecule has 0 heterocycles. The van der Waals surface area contributed by atoms with Gasteiger partial charge in [-0.05, 0) is 37.9 Å². The van der Waals surface area contributed by atoms with Crippen LogP contribution in [-0.4, -0.2) is 23.0 Å². The van der Waals surface area contributed by atoms with Crippen molar-refractivity contribution >= 4 is 17.7 Å². The van der Waals surface area contributed by atoms with Gasteiger partial charge in [0.1, 0.15) is 5.41 Å². The molecule has 3 nitrogen and oxygen atoms in total. The van der Waals surface area contributed by atoms with E-state index in [9.17, 15) is 4.79 Å². The highest BCUT2D eigenvalue weighted by atomic mass is 32.2. The Balaban J connectivity index is 1.79. The van der Waals surface area contributed by atoms with Crippen LogP contribution in [0.25, 0.3) is 0 Å². The Labute approximate surface area is 101 Å². The fraction of sp³-hybridized carbons (Fsp3) is 0.833. The molecule has 4 heteroatoms. The summed E-state index contributed by atoms with van der Waals surface area (Å²) < 4.78 is 0. The summed E-state index contributed by atoms with van der Waals surface area (Å²) in [7, 11) is 0. The highest BCUT2D eigenvalue weighted by Gasteiger charge is 2.51. The molecule has 1 N–H and O–H groups in total. The van der Waals surface area contributed by atoms with Crippen LogP contribution >= 0.6 is 11.8 Å². The normalized spacial score (nSPS) is 30.8. The van der Waals surface area contributed by atoms with Crippen molar-refractivity contribution in [2.45, 2.75) is 50.3 Å². The first-order chi connectivity index (χ1) is 7.70. The quantitative estimate of drug-likeness (QED) is 0.816. The van der Waals surface area contributed by atoms with Crippen LogP contribution in [0.4, 0.5) is 0 Å². The maximum atomic E-state index is 11.8. The molecule has 2 fully saturated rings. The molecule has 2 aliphatic rings. The lowest BCUT2D eigenvalue weighted by Crippen LogP contribution is -2.38. The summed E-state index contributed by atoms with van der Waals surface area (Å²) in [4.78, 5) is 11.8. The van der Waals surface area contributed by atoms with E-state index in [-0.39, 0.29) is 5.91 Å². The van der Waals surface area contributed by atoms with Gasteiger partial charge in [0, 0.05) is 11.3 Å². The molecule has 0 radical (unpaired) electrons. The molecule has 2 aliphatic carbocycles. The number of carbonyl (C=O) groups is 1. The molecule has 2 atom stereocenters. The smallest absolute Gasteiger partial charge is 0.240 e. The Kier molecular flexibility index (Phi) is 3.44. The van der Waals surface area contributed by atoms with Crippen LogP contribution in [0.5, 0.6) is 0 Å². The van der Waals surface area contributed by atoms with Crippen LogP contribution in [0.15, 0.2) is 0 Å². The second-order valence-electron chi connectivity index (χ2n) is 4.75. The molecule has 2 saturated carbocycles. The fourth-order valence-electron chi connectivity index (χ4n) is 2.30. The third-order valence-corrected chi connectivity index (χ3v) is 4.75. The van der Waals surface area contributed by atoms with Crippen molar-refractivity contribution in [2.24, 2.45) is 5.41 Å². The third-order valence-electron chi connectivity index (χ3n) is 3.52. The van der Waals surface area contributed by atoms with Crippen molar-refractivity contribution in [2.75, 3.05) is 5.75 Å². The molecule has 0 bridgehead atoms. The summed E-state index contributed by atoms with van der Waals surface area (Å²) in [6, 6.07) is 2.45. The van der Waals surface area contributed by atoms with Gasteiger partial charge in [-0.3, -0.25) is 4.79 Å². The largest absolute Gasteiger partial charge is 0.352 e. The second-order valence-corrected chi connectivity index (χ2v) is 6.33. The number of rotatable bonds is 4. The molecule has 2 rings (SSSR count). The van der Waals surface area contributed by atoms with E-state index in [4.69, 9.17) is 5.26 Å². The van der Waals surface area contributed by atoms with Gasteiger partial charge in [-0.25, -0.2) is 0 Å². The predicted molar refractivity (Wildman–Crippen MR) is 65.0 cm³/mol. The molecule has 1 amide bonds. The van der Waals surface area contributed by atoms with Gasteiger partial charge >= 0.3 is 0 Å². The van der Waals surface area contributed by atoms with E-state index < -0.39 is 5.41 Å². The summed E-state index contributed by atoms with van der Waals surface area (Å²) in [5.41, 5.74) is -0.657. The molecular weight excluding hydrogens is 220 g/mol. The third kappa shape index (κ3) is 2.35. The van der Waals surface area contributed by atoms with E-state index in [1.54, 1.807) is 0 Å². The lowest BCUT2D eigenvalue weighted by Gasteiger charge is -2.15. The van der Waals surface area contributed by atoms with E-state index >= 15 is 0 Å². The van der Waals surface area contributed by atoms with Crippen LogP contribution in [0.2, 0.25) is 0 Å². The van der Waals surface area contributed by atoms with Crippen molar-refractivity contribution < 1.29 is 4.79 Å². The van der Waals surface area contributed by atoms with Crippen molar-refractivity contribution in [1.29, 1.82) is 5.26 Å². The zero-order valence-electron chi connectivity index (χ0n) is 9.66. The summed E-state index contributed by atoms with van der Waals surface area (Å²) in [5, 5.41) is 12.7. The van der Waals surface area contributed by atoms with Gasteiger partial charge in [0.15, 0.2) is 0 Å². The van der Waals surface area contributed by atoms with Crippen LogP contribution in [-0.2, 0) is 4.79 Å². The second kappa shape index (κ2) is 4.67. The lowest BCUT2D eigenvalue weighted by atomic mass is 10.1. The number of hydrogen-bond donors (Lipinski definition) is 1. The van der Waals surface area contributed by atoms with Crippen molar-refractivity contribution in [3.8, 4) is 6.07 Å². The lowest BCUT2D eigenvalue weighted by molar-refractivity contribution is -0.125. The van der Waals surface area contributed by atoms with Gasteiger partial charge in [0.05, 0.1) is 6.07 Å². The van der Waals surface area contributed by atoms with Gasteiger partial charge in [-0.15, -0.1) is 0 Å². The van der Waals surface area contributed by atoms with Crippen LogP contribution in [0.3, 0.4) is 0 Å². The van der Waals surface area contributed by atoms with E-state index in [2.05, 4.69) is 18.3 Å². The Morgan fingerprint density at radius 1 is 1.56 bits per heavy atom. The number of nitrogens with one attached hydrogen (secondary N) is 1. The molecule has 0 aliphatic heterocycles. The Morgan fingerprint density at radius 2 is 2.31 bits per heavy atom. The minimum atomic E-state index is -0.657. The molecule has 2 unspecified atom stereocenters. The van der Waals surface area contributed by atoms with Crippen molar-refractivity contribution in [1.82, 2.24) is 5.32 Å². The molecular formula is C12H18N2OS. The van der Waals surface area contributed by atoms with Gasteiger partial charge < -0.3 is 5.32 Å². The summed E-state index contributed by atoms with van der Waals surface area (Å²) >= 11 is 1.98. The van der Waals surface area contributed by atoms with Crippen LogP contribution < -0.4 is 5.32 Å². The molecule has 88 valence electrons. The number of thioether (sulfide) groups is 1. The molecule has 0 saturated heterocycles. The summed E-state index contributed by atoms with van der Waals surface area (Å²) in [5.74, 6) is 1.12. The first kappa shape index (κ1) is 11.8. The molecule has 16 heavy (non-hydrogen) atoms. The van der Waals surface area contributed by atoms with Crippen LogP contribution in [0, 0.1) is 16.7 Å². The number of nitrogens with zero attached hydrogens (tertiary/aromatic N) is 1. The highest BCUT2D eigenvalue weighted by Crippen LogP contribution is 2.45. The first-order valence-corrected chi connectivity index (χ1v) is 7.09. The predicted octanol–water partition coefficient (Wildman–Crippen LogP) is 2.08. The molecule has 0 aromatic rings. The summed E-state index contributed by atoms with van der Waals surface area (Å²) in [6.07, 6.45) is 4.84. The zero-order chi connectivity index (χ0) is 11.6. The SMILES string of the molecule is CCSC1CCC(NC(=O)C2(C#N)CC2)C1. The van der Waals surface area contributed by atoms with Gasteiger partial charge in [-0.1, -0.05) is 6.92 Å². The average molecular weight is 238 g/mol. The van der Waals surface area contributed by atoms with Crippen LogP contribution in [0.1, 0.15) is 39.0 Å². The van der Waals surface area contributed by atoms with Gasteiger partial charge in [-0.2, -0.15) is 17.0 Å². The highest BCUT2D eigenvalue weighted by molar-refractivity contribution is 7.99. The van der Waals surface area contributed by atoms with E-state index in [0.717, 1.165) is 31.4 Å². The van der Waals surface area contributed by atoms with Crippen molar-refractivity contribution in [3.05, 3.63) is 0 Å². The number of hydrogen-bond acceptors (Lipinski definition) is 3. The number of amides is 1. The number of carbonyl (C=O) groups excluding carboxylic acids is 1. The Morgan fingerprint density at radius 3 is 2.88 bits per heavy atom.